The van der Waals surface area contributed by atoms with Gasteiger partial charge < -0.3 is 4.43 Å². The van der Waals surface area contributed by atoms with Gasteiger partial charge in [-0.15, -0.1) is 0 Å². The molecular formula is C13H20OSi. The molecule has 0 spiro atoms. The summed E-state index contributed by atoms with van der Waals surface area (Å²) in [6, 6.07) is 10.4. The highest BCUT2D eigenvalue weighted by Crippen LogP contribution is 2.18. The van der Waals surface area contributed by atoms with Crippen molar-refractivity contribution in [3.63, 3.8) is 0 Å². The fourth-order valence-electron chi connectivity index (χ4n) is 1.26. The van der Waals surface area contributed by atoms with Crippen LogP contribution in [0.4, 0.5) is 0 Å². The summed E-state index contributed by atoms with van der Waals surface area (Å²) in [6.45, 7) is 8.75. The van der Waals surface area contributed by atoms with Crippen LogP contribution >= 0.6 is 0 Å². The fourth-order valence-corrected chi connectivity index (χ4v) is 1.75. The highest BCUT2D eigenvalue weighted by molar-refractivity contribution is 6.69. The molecule has 0 aliphatic carbocycles. The standard InChI is InChI=1S/C13H20OSi/c1-5-12(11-14-15(2,3)4)13-9-7-6-8-10-13/h6-11H,5H2,1-4H3. The maximum atomic E-state index is 5.81. The highest BCUT2D eigenvalue weighted by atomic mass is 28.4. The Balaban J connectivity index is 2.81. The second-order valence-corrected chi connectivity index (χ2v) is 9.05. The summed E-state index contributed by atoms with van der Waals surface area (Å²) < 4.78 is 5.81. The molecule has 0 heterocycles. The summed E-state index contributed by atoms with van der Waals surface area (Å²) in [6.07, 6.45) is 2.95. The molecule has 0 saturated carbocycles. The quantitative estimate of drug-likeness (QED) is 0.543. The first kappa shape index (κ1) is 12.0. The molecule has 0 atom stereocenters. The van der Waals surface area contributed by atoms with Gasteiger partial charge in [0.2, 0.25) is 8.32 Å². The van der Waals surface area contributed by atoms with Gasteiger partial charge in [0.05, 0.1) is 6.26 Å². The molecule has 1 aromatic rings. The Bertz CT molecular complexity index is 322. The molecule has 0 fully saturated rings. The van der Waals surface area contributed by atoms with E-state index in [9.17, 15) is 0 Å². The summed E-state index contributed by atoms with van der Waals surface area (Å²) in [4.78, 5) is 0. The maximum absolute atomic E-state index is 5.81. The van der Waals surface area contributed by atoms with Gasteiger partial charge in [0.25, 0.3) is 0 Å². The highest BCUT2D eigenvalue weighted by Gasteiger charge is 2.13. The van der Waals surface area contributed by atoms with E-state index in [0.717, 1.165) is 6.42 Å². The van der Waals surface area contributed by atoms with Gasteiger partial charge in [0.1, 0.15) is 0 Å². The van der Waals surface area contributed by atoms with Crippen molar-refractivity contribution >= 4 is 13.9 Å². The molecular weight excluding hydrogens is 200 g/mol. The predicted molar refractivity (Wildman–Crippen MR) is 69.1 cm³/mol. The van der Waals surface area contributed by atoms with Gasteiger partial charge in [-0.2, -0.15) is 0 Å². The van der Waals surface area contributed by atoms with Crippen LogP contribution in [-0.4, -0.2) is 8.32 Å². The molecule has 1 rings (SSSR count). The Labute approximate surface area is 93.9 Å². The Morgan fingerprint density at radius 3 is 2.27 bits per heavy atom. The topological polar surface area (TPSA) is 9.23 Å². The second-order valence-electron chi connectivity index (χ2n) is 4.59. The van der Waals surface area contributed by atoms with Crippen LogP contribution in [-0.2, 0) is 4.43 Å². The molecule has 0 amide bonds. The lowest BCUT2D eigenvalue weighted by molar-refractivity contribution is 0.480. The Kier molecular flexibility index (Phi) is 4.15. The van der Waals surface area contributed by atoms with Gasteiger partial charge in [-0.3, -0.25) is 0 Å². The van der Waals surface area contributed by atoms with E-state index in [-0.39, 0.29) is 0 Å². The molecule has 1 aromatic carbocycles. The summed E-state index contributed by atoms with van der Waals surface area (Å²) in [5, 5.41) is 0. The molecule has 2 heteroatoms. The third-order valence-corrected chi connectivity index (χ3v) is 2.91. The molecule has 0 aromatic heterocycles. The van der Waals surface area contributed by atoms with Crippen LogP contribution in [0.5, 0.6) is 0 Å². The van der Waals surface area contributed by atoms with Crippen molar-refractivity contribution in [2.75, 3.05) is 0 Å². The summed E-state index contributed by atoms with van der Waals surface area (Å²) in [5.41, 5.74) is 2.54. The molecule has 1 nitrogen and oxygen atoms in total. The number of allylic oxidation sites excluding steroid dienone is 1. The minimum Gasteiger partial charge on any atom is -0.549 e. The van der Waals surface area contributed by atoms with Crippen LogP contribution in [0.15, 0.2) is 36.6 Å². The van der Waals surface area contributed by atoms with E-state index in [0.29, 0.717) is 0 Å². The Morgan fingerprint density at radius 1 is 1.20 bits per heavy atom. The van der Waals surface area contributed by atoms with Gasteiger partial charge >= 0.3 is 0 Å². The number of hydrogen-bond donors (Lipinski definition) is 0. The largest absolute Gasteiger partial charge is 0.549 e. The summed E-state index contributed by atoms with van der Waals surface area (Å²) in [7, 11) is -1.45. The molecule has 0 saturated heterocycles. The molecule has 0 unspecified atom stereocenters. The first-order chi connectivity index (χ1) is 7.03. The van der Waals surface area contributed by atoms with E-state index in [2.05, 4.69) is 50.8 Å². The number of hydrogen-bond acceptors (Lipinski definition) is 1. The lowest BCUT2D eigenvalue weighted by atomic mass is 10.1. The van der Waals surface area contributed by atoms with E-state index in [1.165, 1.54) is 11.1 Å². The van der Waals surface area contributed by atoms with Crippen LogP contribution < -0.4 is 0 Å². The van der Waals surface area contributed by atoms with Gasteiger partial charge in [-0.25, -0.2) is 0 Å². The second kappa shape index (κ2) is 5.17. The summed E-state index contributed by atoms with van der Waals surface area (Å²) in [5.74, 6) is 0. The normalized spacial score (nSPS) is 12.7. The monoisotopic (exact) mass is 220 g/mol. The number of rotatable bonds is 4. The zero-order valence-electron chi connectivity index (χ0n) is 10.1. The first-order valence-electron chi connectivity index (χ1n) is 5.45. The fraction of sp³-hybridized carbons (Fsp3) is 0.385. The zero-order valence-corrected chi connectivity index (χ0v) is 11.1. The van der Waals surface area contributed by atoms with Crippen LogP contribution in [0.2, 0.25) is 19.6 Å². The lowest BCUT2D eigenvalue weighted by Gasteiger charge is -2.17. The van der Waals surface area contributed by atoms with Crippen LogP contribution in [0.25, 0.3) is 5.57 Å². The SMILES string of the molecule is CCC(=CO[Si](C)(C)C)c1ccccc1. The van der Waals surface area contributed by atoms with Crippen molar-refractivity contribution in [2.24, 2.45) is 0 Å². The van der Waals surface area contributed by atoms with Crippen molar-refractivity contribution in [1.29, 1.82) is 0 Å². The minimum absolute atomic E-state index is 1.01. The molecule has 0 N–H and O–H groups in total. The van der Waals surface area contributed by atoms with Gasteiger partial charge in [-0.05, 0) is 37.2 Å². The van der Waals surface area contributed by atoms with E-state index < -0.39 is 8.32 Å². The van der Waals surface area contributed by atoms with E-state index in [4.69, 9.17) is 4.43 Å². The Morgan fingerprint density at radius 2 is 1.80 bits per heavy atom. The predicted octanol–water partition coefficient (Wildman–Crippen LogP) is 4.29. The number of benzene rings is 1. The van der Waals surface area contributed by atoms with Gasteiger partial charge in [-0.1, -0.05) is 37.3 Å². The molecule has 82 valence electrons. The first-order valence-corrected chi connectivity index (χ1v) is 8.86. The van der Waals surface area contributed by atoms with Crippen LogP contribution in [0, 0.1) is 0 Å². The van der Waals surface area contributed by atoms with Crippen molar-refractivity contribution in [1.82, 2.24) is 0 Å². The van der Waals surface area contributed by atoms with E-state index >= 15 is 0 Å². The molecule has 15 heavy (non-hydrogen) atoms. The van der Waals surface area contributed by atoms with E-state index in [1.807, 2.05) is 12.3 Å². The lowest BCUT2D eigenvalue weighted by Crippen LogP contribution is -2.22. The Hall–Kier alpha value is -1.02. The molecule has 0 radical (unpaired) electrons. The van der Waals surface area contributed by atoms with Gasteiger partial charge in [0.15, 0.2) is 0 Å². The van der Waals surface area contributed by atoms with Crippen LogP contribution in [0.3, 0.4) is 0 Å². The molecule has 0 aliphatic rings. The average Bonchev–Trinajstić information content (AvgIpc) is 2.19. The third kappa shape index (κ3) is 4.34. The smallest absolute Gasteiger partial charge is 0.241 e. The van der Waals surface area contributed by atoms with Gasteiger partial charge in [0, 0.05) is 0 Å². The van der Waals surface area contributed by atoms with Crippen molar-refractivity contribution in [3.05, 3.63) is 42.2 Å². The van der Waals surface area contributed by atoms with Crippen molar-refractivity contribution in [3.8, 4) is 0 Å². The van der Waals surface area contributed by atoms with Crippen molar-refractivity contribution in [2.45, 2.75) is 33.0 Å². The maximum Gasteiger partial charge on any atom is 0.241 e. The van der Waals surface area contributed by atoms with Crippen molar-refractivity contribution < 1.29 is 4.43 Å². The van der Waals surface area contributed by atoms with Crippen LogP contribution in [0.1, 0.15) is 18.9 Å². The summed E-state index contributed by atoms with van der Waals surface area (Å²) >= 11 is 0. The van der Waals surface area contributed by atoms with E-state index in [1.54, 1.807) is 0 Å². The molecule has 0 bridgehead atoms. The minimum atomic E-state index is -1.45. The molecule has 0 aliphatic heterocycles. The average molecular weight is 220 g/mol. The zero-order chi connectivity index (χ0) is 11.3. The third-order valence-electron chi connectivity index (χ3n) is 2.08.